The smallest absolute Gasteiger partial charge is 0.350 e. The van der Waals surface area contributed by atoms with E-state index in [0.717, 1.165) is 13.8 Å². The summed E-state index contributed by atoms with van der Waals surface area (Å²) in [5.41, 5.74) is -7.33. The molecule has 17 heteroatoms. The van der Waals surface area contributed by atoms with Crippen molar-refractivity contribution in [3.8, 4) is 0 Å². The maximum absolute atomic E-state index is 15.7. The molecule has 3 aromatic carbocycles. The van der Waals surface area contributed by atoms with Crippen molar-refractivity contribution in [2.75, 3.05) is 6.61 Å². The molecule has 3 unspecified atom stereocenters. The summed E-state index contributed by atoms with van der Waals surface area (Å²) in [5.74, 6) is -7.95. The monoisotopic (exact) mass is 973 g/mol. The van der Waals surface area contributed by atoms with Gasteiger partial charge in [0.15, 0.2) is 29.9 Å². The summed E-state index contributed by atoms with van der Waals surface area (Å²) in [5, 5.41) is 29.0. The third-order valence-corrected chi connectivity index (χ3v) is 14.9. The van der Waals surface area contributed by atoms with Crippen LogP contribution in [0.5, 0.6) is 0 Å². The Hall–Kier alpha value is -7.08. The zero-order valence-corrected chi connectivity index (χ0v) is 40.4. The van der Waals surface area contributed by atoms with E-state index in [4.69, 9.17) is 28.4 Å². The summed E-state index contributed by atoms with van der Waals surface area (Å²) in [6.45, 7) is 7.92. The fourth-order valence-corrected chi connectivity index (χ4v) is 11.2. The van der Waals surface area contributed by atoms with Crippen molar-refractivity contribution in [3.05, 3.63) is 149 Å². The molecule has 1 saturated heterocycles. The highest BCUT2D eigenvalue weighted by Gasteiger charge is 2.78. The van der Waals surface area contributed by atoms with Crippen LogP contribution < -0.4 is 9.88 Å². The number of esters is 5. The topological polar surface area (TPSA) is 231 Å². The number of aliphatic hydroxyl groups is 2. The lowest BCUT2D eigenvalue weighted by Gasteiger charge is -2.67. The normalized spacial score (nSPS) is 29.2. The Labute approximate surface area is 410 Å². The number of aliphatic hydroxyl groups excluding tert-OH is 1. The van der Waals surface area contributed by atoms with E-state index in [1.807, 2.05) is 0 Å². The summed E-state index contributed by atoms with van der Waals surface area (Å²) < 4.78 is 38.6. The molecule has 11 atom stereocenters. The van der Waals surface area contributed by atoms with Gasteiger partial charge in [-0.25, -0.2) is 19.0 Å². The summed E-state index contributed by atoms with van der Waals surface area (Å²) >= 11 is 0. The number of hydrogen-bond donors (Lipinski definition) is 3. The summed E-state index contributed by atoms with van der Waals surface area (Å²) in [4.78, 5) is 100. The first-order valence-electron chi connectivity index (χ1n) is 23.3. The molecule has 8 rings (SSSR count). The average Bonchev–Trinajstić information content (AvgIpc) is 3.33. The van der Waals surface area contributed by atoms with E-state index in [9.17, 15) is 34.2 Å². The molecule has 1 aromatic heterocycles. The first kappa shape index (κ1) is 50.3. The Kier molecular flexibility index (Phi) is 13.6. The Morgan fingerprint density at radius 3 is 1.97 bits per heavy atom. The van der Waals surface area contributed by atoms with Gasteiger partial charge in [0.1, 0.15) is 42.6 Å². The lowest BCUT2D eigenvalue weighted by Crippen LogP contribution is -2.82. The van der Waals surface area contributed by atoms with E-state index < -0.39 is 119 Å². The summed E-state index contributed by atoms with van der Waals surface area (Å²) in [6.07, 6.45) is -7.59. The fraction of sp³-hybridized carbons (Fsp3) is 0.407. The van der Waals surface area contributed by atoms with Crippen LogP contribution >= 0.6 is 0 Å². The molecule has 1 amide bonds. The Bertz CT molecular complexity index is 2780. The molecule has 4 aliphatic rings. The van der Waals surface area contributed by atoms with Crippen LogP contribution in [0.4, 0.5) is 0 Å². The highest BCUT2D eigenvalue weighted by Crippen LogP contribution is 2.64. The number of hydrogen-bond acceptors (Lipinski definition) is 15. The third-order valence-electron chi connectivity index (χ3n) is 14.9. The largest absolute Gasteiger partial charge is 0.455 e. The van der Waals surface area contributed by atoms with Crippen molar-refractivity contribution >= 4 is 41.5 Å². The molecule has 71 heavy (non-hydrogen) atoms. The van der Waals surface area contributed by atoms with Crippen LogP contribution in [0.2, 0.25) is 0 Å². The number of aromatic nitrogens is 1. The minimum Gasteiger partial charge on any atom is -0.455 e. The van der Waals surface area contributed by atoms with Gasteiger partial charge >= 0.3 is 29.8 Å². The van der Waals surface area contributed by atoms with Gasteiger partial charge in [0.2, 0.25) is 6.10 Å². The lowest BCUT2D eigenvalue weighted by molar-refractivity contribution is -0.671. The SMILES string of the molecule is CC(=O)O[C@H]1C(=O)C2(C)C(C(OC(=O)c3ccccc3)[C@]3(O)C[C@H](OC(=O)[C@H](OC(=O)c4ccc[n+](C)c4)[C@H](NC(=O)c4ccccc4)c4ccccc4)C(C)=C1C3(C)C)[C@]1(OC(C)=O)CO[C@@H]1C[C@@H]2O. The van der Waals surface area contributed by atoms with Gasteiger partial charge in [-0.05, 0) is 60.9 Å². The maximum atomic E-state index is 15.7. The number of pyridine rings is 1. The van der Waals surface area contributed by atoms with Crippen molar-refractivity contribution < 1.29 is 76.8 Å². The van der Waals surface area contributed by atoms with E-state index in [1.54, 1.807) is 117 Å². The van der Waals surface area contributed by atoms with Crippen molar-refractivity contribution in [2.24, 2.45) is 23.8 Å². The second kappa shape index (κ2) is 19.3. The Balaban J connectivity index is 1.31. The molecule has 2 bridgehead atoms. The number of rotatable bonds is 12. The molecule has 4 aromatic rings. The number of carbonyl (C=O) groups is 7. The van der Waals surface area contributed by atoms with E-state index in [1.165, 1.54) is 38.2 Å². The molecular formula is C54H57N2O15+. The molecule has 0 spiro atoms. The van der Waals surface area contributed by atoms with Gasteiger partial charge in [0, 0.05) is 43.7 Å². The first-order valence-corrected chi connectivity index (χ1v) is 23.3. The van der Waals surface area contributed by atoms with Gasteiger partial charge in [-0.15, -0.1) is 0 Å². The van der Waals surface area contributed by atoms with Crippen LogP contribution in [0.1, 0.15) is 97.1 Å². The van der Waals surface area contributed by atoms with Crippen LogP contribution in [0.15, 0.2) is 127 Å². The second-order valence-corrected chi connectivity index (χ2v) is 19.5. The number of aryl methyl sites for hydroxylation is 1. The fourth-order valence-electron chi connectivity index (χ4n) is 11.2. The second-order valence-electron chi connectivity index (χ2n) is 19.5. The number of amides is 1. The zero-order valence-electron chi connectivity index (χ0n) is 40.4. The number of fused-ring (bicyclic) bond motifs is 5. The number of Topliss-reactive ketones (excluding diaryl/α,β-unsaturated/α-hetero) is 1. The highest BCUT2D eigenvalue weighted by molar-refractivity contribution is 5.97. The van der Waals surface area contributed by atoms with Gasteiger partial charge < -0.3 is 44.0 Å². The maximum Gasteiger partial charge on any atom is 0.350 e. The number of benzene rings is 3. The molecule has 372 valence electrons. The minimum absolute atomic E-state index is 0.0345. The molecule has 0 radical (unpaired) electrons. The number of ether oxygens (including phenoxy) is 6. The van der Waals surface area contributed by atoms with E-state index in [0.29, 0.717) is 5.56 Å². The van der Waals surface area contributed by atoms with Gasteiger partial charge in [0.05, 0.1) is 29.6 Å². The van der Waals surface area contributed by atoms with Gasteiger partial charge in [-0.1, -0.05) is 80.6 Å². The summed E-state index contributed by atoms with van der Waals surface area (Å²) in [7, 11) is 1.68. The lowest BCUT2D eigenvalue weighted by atomic mass is 9.44. The predicted octanol–water partition coefficient (Wildman–Crippen LogP) is 4.42. The highest BCUT2D eigenvalue weighted by atomic mass is 16.6. The van der Waals surface area contributed by atoms with Gasteiger partial charge in [-0.2, -0.15) is 0 Å². The molecule has 2 saturated carbocycles. The summed E-state index contributed by atoms with van der Waals surface area (Å²) in [6, 6.07) is 25.9. The molecule has 2 heterocycles. The van der Waals surface area contributed by atoms with E-state index in [-0.39, 0.29) is 40.9 Å². The zero-order chi connectivity index (χ0) is 51.2. The number of nitrogens with one attached hydrogen (secondary N) is 1. The minimum atomic E-state index is -2.46. The molecule has 3 aliphatic carbocycles. The van der Waals surface area contributed by atoms with Crippen LogP contribution in [0.25, 0.3) is 0 Å². The first-order chi connectivity index (χ1) is 33.6. The van der Waals surface area contributed by atoms with Crippen LogP contribution in [0, 0.1) is 16.7 Å². The average molecular weight is 974 g/mol. The van der Waals surface area contributed by atoms with Crippen LogP contribution in [-0.2, 0) is 54.6 Å². The van der Waals surface area contributed by atoms with Gasteiger partial charge in [-0.3, -0.25) is 19.2 Å². The molecular weight excluding hydrogens is 917 g/mol. The number of carbonyl (C=O) groups excluding carboxylic acids is 7. The number of ketones is 1. The third kappa shape index (κ3) is 8.91. The molecule has 3 fully saturated rings. The van der Waals surface area contributed by atoms with Crippen molar-refractivity contribution in [1.82, 2.24) is 5.32 Å². The van der Waals surface area contributed by atoms with Crippen molar-refractivity contribution in [2.45, 2.75) is 108 Å². The Morgan fingerprint density at radius 2 is 1.39 bits per heavy atom. The molecule has 3 N–H and O–H groups in total. The molecule has 1 aliphatic heterocycles. The quantitative estimate of drug-likeness (QED) is 0.0772. The van der Waals surface area contributed by atoms with E-state index in [2.05, 4.69) is 5.32 Å². The van der Waals surface area contributed by atoms with E-state index >= 15 is 9.59 Å². The predicted molar refractivity (Wildman–Crippen MR) is 249 cm³/mol. The van der Waals surface area contributed by atoms with Crippen molar-refractivity contribution in [3.63, 3.8) is 0 Å². The van der Waals surface area contributed by atoms with Gasteiger partial charge in [0.25, 0.3) is 5.91 Å². The van der Waals surface area contributed by atoms with Crippen LogP contribution in [0.3, 0.4) is 0 Å². The number of nitrogens with zero attached hydrogens (tertiary/aromatic N) is 1. The standard InChI is InChI=1S/C54H56N2O15/c1-30-37(68-50(64)43(69-49(63)36-24-17-25-56(7)28-36)41(33-18-11-8-12-19-33)55-47(61)34-20-13-9-14-21-34)27-54(65)46(70-48(62)35-22-15-10-16-23-35)44-52(6,38(59)26-39-53(44,29-66-39)71-32(3)58)45(60)42(67-31(2)57)40(30)51(54,4)5/h8-25,28,37-39,41-44,46,59,65H,26-27,29H2,1-7H3/p+1/t37-,38-,39+,41+,42+,43+,44?,46?,52?,53-,54+/m0/s1. The molecule has 17 nitrogen and oxygen atoms in total. The van der Waals surface area contributed by atoms with Crippen molar-refractivity contribution in [1.29, 1.82) is 0 Å². The Morgan fingerprint density at radius 1 is 0.789 bits per heavy atom. The van der Waals surface area contributed by atoms with Crippen LogP contribution in [-0.4, -0.2) is 106 Å².